The van der Waals surface area contributed by atoms with Gasteiger partial charge in [0.1, 0.15) is 5.92 Å². The predicted octanol–water partition coefficient (Wildman–Crippen LogP) is 5.44. The van der Waals surface area contributed by atoms with E-state index in [0.29, 0.717) is 11.3 Å². The van der Waals surface area contributed by atoms with E-state index in [-0.39, 0.29) is 11.8 Å². The summed E-state index contributed by atoms with van der Waals surface area (Å²) in [7, 11) is 0. The molecule has 0 spiro atoms. The second-order valence-corrected chi connectivity index (χ2v) is 8.31. The van der Waals surface area contributed by atoms with Crippen molar-refractivity contribution in [2.24, 2.45) is 10.9 Å². The van der Waals surface area contributed by atoms with Gasteiger partial charge in [-0.15, -0.1) is 23.1 Å². The third-order valence-electron chi connectivity index (χ3n) is 4.30. The summed E-state index contributed by atoms with van der Waals surface area (Å²) in [6, 6.07) is 15.7. The number of allylic oxidation sites excluding steroid dienone is 1. The molecule has 1 aliphatic heterocycles. The number of hydrogen-bond donors (Lipinski definition) is 1. The Balaban J connectivity index is 2.02. The van der Waals surface area contributed by atoms with Crippen molar-refractivity contribution >= 4 is 39.7 Å². The molecule has 0 saturated heterocycles. The normalized spacial score (nSPS) is 19.4. The van der Waals surface area contributed by atoms with Crippen LogP contribution in [-0.2, 0) is 4.79 Å². The monoisotopic (exact) mass is 395 g/mol. The lowest BCUT2D eigenvalue weighted by molar-refractivity contribution is -0.113. The number of hydrogen-bond acceptors (Lipinski definition) is 5. The number of anilines is 1. The summed E-state index contributed by atoms with van der Waals surface area (Å²) in [6.07, 6.45) is 1.01. The predicted molar refractivity (Wildman–Crippen MR) is 114 cm³/mol. The van der Waals surface area contributed by atoms with Gasteiger partial charge in [-0.1, -0.05) is 31.2 Å². The van der Waals surface area contributed by atoms with E-state index in [1.54, 1.807) is 23.1 Å². The Kier molecular flexibility index (Phi) is 6.49. The molecule has 3 rings (SSSR count). The van der Waals surface area contributed by atoms with Crippen molar-refractivity contribution in [1.82, 2.24) is 0 Å². The van der Waals surface area contributed by atoms with Crippen LogP contribution in [0.1, 0.15) is 31.1 Å². The summed E-state index contributed by atoms with van der Waals surface area (Å²) in [5, 5.41) is 15.7. The van der Waals surface area contributed by atoms with Crippen molar-refractivity contribution in [3.05, 3.63) is 64.0 Å². The van der Waals surface area contributed by atoms with Gasteiger partial charge in [-0.05, 0) is 42.7 Å². The lowest BCUT2D eigenvalue weighted by Gasteiger charge is -2.29. The number of thiophene rings is 1. The summed E-state index contributed by atoms with van der Waals surface area (Å²) < 4.78 is 0. The average Bonchev–Trinajstić information content (AvgIpc) is 3.20. The number of carbonyl (C=O) groups is 1. The molecule has 27 heavy (non-hydrogen) atoms. The Morgan fingerprint density at radius 2 is 2.07 bits per heavy atom. The van der Waals surface area contributed by atoms with Gasteiger partial charge in [0.25, 0.3) is 5.91 Å². The molecule has 0 aliphatic carbocycles. The van der Waals surface area contributed by atoms with Gasteiger partial charge >= 0.3 is 0 Å². The standard InChI is InChI=1S/C21H21N3OS2/c1-3-11-27-21-16(13-22)19(17-10-7-12-26-17)18(14(2)23-21)20(25)24-15-8-5-4-6-9-15/h4-10,12,16,19H,3,11H2,1-2H3,(H,24,25)/t16?,19-/m1/s1. The molecule has 1 aromatic heterocycles. The van der Waals surface area contributed by atoms with E-state index in [1.165, 1.54) is 0 Å². The van der Waals surface area contributed by atoms with Gasteiger partial charge < -0.3 is 5.32 Å². The number of nitriles is 1. The molecular weight excluding hydrogens is 374 g/mol. The highest BCUT2D eigenvalue weighted by molar-refractivity contribution is 8.14. The van der Waals surface area contributed by atoms with Crippen molar-refractivity contribution in [1.29, 1.82) is 5.26 Å². The Hall–Kier alpha value is -2.36. The number of nitrogens with one attached hydrogen (secondary N) is 1. The van der Waals surface area contributed by atoms with Crippen LogP contribution in [0.15, 0.2) is 64.1 Å². The fraction of sp³-hybridized carbons (Fsp3) is 0.286. The summed E-state index contributed by atoms with van der Waals surface area (Å²) >= 11 is 3.19. The zero-order chi connectivity index (χ0) is 19.2. The Morgan fingerprint density at radius 1 is 1.30 bits per heavy atom. The second kappa shape index (κ2) is 9.03. The summed E-state index contributed by atoms with van der Waals surface area (Å²) in [5.41, 5.74) is 2.00. The molecule has 1 unspecified atom stereocenters. The highest BCUT2D eigenvalue weighted by atomic mass is 32.2. The SMILES string of the molecule is CCCSC1=NC(C)=C(C(=O)Nc2ccccc2)[C@@H](c2cccs2)C1C#N. The van der Waals surface area contributed by atoms with Gasteiger partial charge in [0.15, 0.2) is 0 Å². The molecule has 4 nitrogen and oxygen atoms in total. The first-order valence-electron chi connectivity index (χ1n) is 8.87. The molecule has 0 bridgehead atoms. The third kappa shape index (κ3) is 4.32. The van der Waals surface area contributed by atoms with Crippen LogP contribution in [0.4, 0.5) is 5.69 Å². The van der Waals surface area contributed by atoms with Crippen LogP contribution in [0.2, 0.25) is 0 Å². The fourth-order valence-electron chi connectivity index (χ4n) is 3.09. The summed E-state index contributed by atoms with van der Waals surface area (Å²) in [4.78, 5) is 18.8. The molecule has 6 heteroatoms. The highest BCUT2D eigenvalue weighted by Crippen LogP contribution is 2.43. The molecule has 2 aromatic rings. The Morgan fingerprint density at radius 3 is 2.70 bits per heavy atom. The minimum atomic E-state index is -0.444. The molecule has 1 aliphatic rings. The maximum Gasteiger partial charge on any atom is 0.254 e. The van der Waals surface area contributed by atoms with E-state index in [9.17, 15) is 10.1 Å². The number of aliphatic imine (C=N–C) groups is 1. The maximum atomic E-state index is 13.1. The van der Waals surface area contributed by atoms with E-state index < -0.39 is 5.92 Å². The van der Waals surface area contributed by atoms with E-state index >= 15 is 0 Å². The number of thioether (sulfide) groups is 1. The average molecular weight is 396 g/mol. The molecular formula is C21H21N3OS2. The van der Waals surface area contributed by atoms with Gasteiger partial charge in [-0.2, -0.15) is 5.26 Å². The number of nitrogens with zero attached hydrogens (tertiary/aromatic N) is 2. The van der Waals surface area contributed by atoms with Crippen molar-refractivity contribution in [3.63, 3.8) is 0 Å². The number of rotatable bonds is 5. The van der Waals surface area contributed by atoms with Crippen LogP contribution >= 0.6 is 23.1 Å². The lowest BCUT2D eigenvalue weighted by Crippen LogP contribution is -2.30. The topological polar surface area (TPSA) is 65.2 Å². The van der Waals surface area contributed by atoms with Crippen molar-refractivity contribution < 1.29 is 4.79 Å². The molecule has 0 saturated carbocycles. The largest absolute Gasteiger partial charge is 0.322 e. The van der Waals surface area contributed by atoms with Crippen LogP contribution in [0, 0.1) is 17.2 Å². The molecule has 138 valence electrons. The maximum absolute atomic E-state index is 13.1. The number of amides is 1. The third-order valence-corrected chi connectivity index (χ3v) is 6.51. The van der Waals surface area contributed by atoms with Crippen LogP contribution in [0.5, 0.6) is 0 Å². The van der Waals surface area contributed by atoms with Crippen molar-refractivity contribution in [2.75, 3.05) is 11.1 Å². The molecule has 1 amide bonds. The molecule has 1 aromatic carbocycles. The molecule has 2 atom stereocenters. The van der Waals surface area contributed by atoms with Gasteiger partial charge in [0, 0.05) is 27.8 Å². The lowest BCUT2D eigenvalue weighted by atomic mass is 9.82. The van der Waals surface area contributed by atoms with E-state index in [1.807, 2.05) is 54.8 Å². The summed E-state index contributed by atoms with van der Waals surface area (Å²) in [6.45, 7) is 3.97. The first-order valence-corrected chi connectivity index (χ1v) is 10.7. The van der Waals surface area contributed by atoms with Crippen molar-refractivity contribution in [3.8, 4) is 6.07 Å². The number of benzene rings is 1. The first-order chi connectivity index (χ1) is 13.2. The van der Waals surface area contributed by atoms with Crippen molar-refractivity contribution in [2.45, 2.75) is 26.2 Å². The van der Waals surface area contributed by atoms with Gasteiger partial charge in [-0.3, -0.25) is 4.79 Å². The van der Waals surface area contributed by atoms with Gasteiger partial charge in [0.2, 0.25) is 0 Å². The molecule has 1 N–H and O–H groups in total. The summed E-state index contributed by atoms with van der Waals surface area (Å²) in [5.74, 6) is -0.0240. The smallest absolute Gasteiger partial charge is 0.254 e. The van der Waals surface area contributed by atoms with E-state index in [0.717, 1.165) is 27.8 Å². The molecule has 2 heterocycles. The van der Waals surface area contributed by atoms with E-state index in [4.69, 9.17) is 0 Å². The quantitative estimate of drug-likeness (QED) is 0.733. The van der Waals surface area contributed by atoms with E-state index in [2.05, 4.69) is 23.3 Å². The second-order valence-electron chi connectivity index (χ2n) is 6.22. The highest BCUT2D eigenvalue weighted by Gasteiger charge is 2.39. The number of para-hydroxylation sites is 1. The fourth-order valence-corrected chi connectivity index (χ4v) is 4.94. The van der Waals surface area contributed by atoms with Crippen LogP contribution < -0.4 is 5.32 Å². The van der Waals surface area contributed by atoms with Crippen LogP contribution in [-0.4, -0.2) is 16.7 Å². The van der Waals surface area contributed by atoms with Crippen LogP contribution in [0.25, 0.3) is 0 Å². The van der Waals surface area contributed by atoms with Gasteiger partial charge in [0.05, 0.1) is 11.1 Å². The Bertz CT molecular complexity index is 895. The first kappa shape index (κ1) is 19.4. The zero-order valence-corrected chi connectivity index (χ0v) is 16.9. The van der Waals surface area contributed by atoms with Gasteiger partial charge in [-0.25, -0.2) is 4.99 Å². The molecule has 0 radical (unpaired) electrons. The zero-order valence-electron chi connectivity index (χ0n) is 15.3. The molecule has 0 fully saturated rings. The minimum Gasteiger partial charge on any atom is -0.322 e. The van der Waals surface area contributed by atoms with Crippen LogP contribution in [0.3, 0.4) is 0 Å². The Labute approximate surface area is 168 Å². The minimum absolute atomic E-state index is 0.194. The number of carbonyl (C=O) groups excluding carboxylic acids is 1.